The van der Waals surface area contributed by atoms with Crippen molar-refractivity contribution in [2.45, 2.75) is 5.72 Å². The maximum absolute atomic E-state index is 12.4. The molecular weight excluding hydrogens is 322 g/mol. The predicted molar refractivity (Wildman–Crippen MR) is 94.2 cm³/mol. The Hall–Kier alpha value is -2.78. The summed E-state index contributed by atoms with van der Waals surface area (Å²) in [7, 11) is 0. The number of esters is 1. The first kappa shape index (κ1) is 14.8. The van der Waals surface area contributed by atoms with Gasteiger partial charge in [-0.2, -0.15) is 0 Å². The summed E-state index contributed by atoms with van der Waals surface area (Å²) in [5, 5.41) is 4.02. The topological polar surface area (TPSA) is 38.3 Å². The van der Waals surface area contributed by atoms with Crippen molar-refractivity contribution >= 4 is 23.3 Å². The fourth-order valence-corrected chi connectivity index (χ4v) is 3.13. The van der Waals surface area contributed by atoms with Crippen LogP contribution in [0.5, 0.6) is 0 Å². The van der Waals surface area contributed by atoms with Gasteiger partial charge in [-0.1, -0.05) is 60.1 Å². The first-order valence-electron chi connectivity index (χ1n) is 7.61. The molecule has 0 saturated carbocycles. The van der Waals surface area contributed by atoms with Crippen molar-refractivity contribution in [3.63, 3.8) is 0 Å². The van der Waals surface area contributed by atoms with Crippen LogP contribution < -0.4 is 5.32 Å². The summed E-state index contributed by atoms with van der Waals surface area (Å²) in [6, 6.07) is 24.4. The van der Waals surface area contributed by atoms with E-state index in [9.17, 15) is 4.79 Å². The molecule has 1 aliphatic heterocycles. The molecule has 1 unspecified atom stereocenters. The number of hydrogen-bond acceptors (Lipinski definition) is 3. The molecule has 0 saturated heterocycles. The van der Waals surface area contributed by atoms with Gasteiger partial charge in [-0.15, -0.1) is 0 Å². The summed E-state index contributed by atoms with van der Waals surface area (Å²) >= 11 is 6.02. The number of anilines is 1. The third-order valence-corrected chi connectivity index (χ3v) is 4.37. The lowest BCUT2D eigenvalue weighted by Crippen LogP contribution is -2.36. The largest absolute Gasteiger partial charge is 0.427 e. The smallest absolute Gasteiger partial charge is 0.341 e. The van der Waals surface area contributed by atoms with Crippen LogP contribution >= 0.6 is 11.6 Å². The molecule has 1 aliphatic rings. The maximum Gasteiger partial charge on any atom is 0.341 e. The Morgan fingerprint density at radius 3 is 2.25 bits per heavy atom. The van der Waals surface area contributed by atoms with E-state index in [1.54, 1.807) is 18.2 Å². The molecule has 3 aromatic carbocycles. The van der Waals surface area contributed by atoms with Crippen LogP contribution in [0, 0.1) is 0 Å². The molecule has 4 heteroatoms. The Kier molecular flexibility index (Phi) is 3.51. The monoisotopic (exact) mass is 335 g/mol. The summed E-state index contributed by atoms with van der Waals surface area (Å²) in [4.78, 5) is 12.4. The van der Waals surface area contributed by atoms with Crippen molar-refractivity contribution in [1.82, 2.24) is 0 Å². The predicted octanol–water partition coefficient (Wildman–Crippen LogP) is 4.82. The van der Waals surface area contributed by atoms with Crippen LogP contribution in [-0.4, -0.2) is 5.97 Å². The van der Waals surface area contributed by atoms with Gasteiger partial charge in [0.05, 0.1) is 5.56 Å². The van der Waals surface area contributed by atoms with Gasteiger partial charge in [0.1, 0.15) is 0 Å². The van der Waals surface area contributed by atoms with Crippen LogP contribution in [-0.2, 0) is 10.5 Å². The van der Waals surface area contributed by atoms with Gasteiger partial charge in [0, 0.05) is 21.8 Å². The minimum absolute atomic E-state index is 0.344. The quantitative estimate of drug-likeness (QED) is 0.697. The van der Waals surface area contributed by atoms with Crippen LogP contribution in [0.4, 0.5) is 5.69 Å². The van der Waals surface area contributed by atoms with E-state index in [-0.39, 0.29) is 5.97 Å². The molecule has 4 rings (SSSR count). The van der Waals surface area contributed by atoms with Crippen LogP contribution in [0.2, 0.25) is 5.02 Å². The van der Waals surface area contributed by atoms with Gasteiger partial charge in [-0.05, 0) is 30.3 Å². The summed E-state index contributed by atoms with van der Waals surface area (Å²) in [5.41, 5.74) is 1.96. The molecule has 0 aliphatic carbocycles. The highest BCUT2D eigenvalue weighted by Crippen LogP contribution is 2.42. The van der Waals surface area contributed by atoms with Gasteiger partial charge in [0.25, 0.3) is 0 Å². The molecule has 0 fully saturated rings. The summed E-state index contributed by atoms with van der Waals surface area (Å²) in [5.74, 6) is -0.344. The summed E-state index contributed by atoms with van der Waals surface area (Å²) < 4.78 is 5.86. The van der Waals surface area contributed by atoms with Gasteiger partial charge >= 0.3 is 5.97 Å². The number of fused-ring (bicyclic) bond motifs is 1. The zero-order chi connectivity index (χ0) is 16.6. The molecule has 1 atom stereocenters. The van der Waals surface area contributed by atoms with Crippen molar-refractivity contribution in [1.29, 1.82) is 0 Å². The van der Waals surface area contributed by atoms with Gasteiger partial charge < -0.3 is 10.1 Å². The zero-order valence-electron chi connectivity index (χ0n) is 12.7. The second kappa shape index (κ2) is 5.69. The fourth-order valence-electron chi connectivity index (χ4n) is 3.01. The third kappa shape index (κ3) is 2.34. The zero-order valence-corrected chi connectivity index (χ0v) is 13.5. The normalized spacial score (nSPS) is 18.8. The number of ether oxygens (including phenoxy) is 1. The molecule has 118 valence electrons. The van der Waals surface area contributed by atoms with Crippen LogP contribution in [0.3, 0.4) is 0 Å². The number of carbonyl (C=O) groups excluding carboxylic acids is 1. The van der Waals surface area contributed by atoms with Gasteiger partial charge in [-0.25, -0.2) is 4.79 Å². The summed E-state index contributed by atoms with van der Waals surface area (Å²) in [6.45, 7) is 0. The molecule has 3 nitrogen and oxygen atoms in total. The second-order valence-corrected chi connectivity index (χ2v) is 6.05. The van der Waals surface area contributed by atoms with E-state index in [0.717, 1.165) is 16.8 Å². The molecule has 1 N–H and O–H groups in total. The number of benzene rings is 3. The minimum atomic E-state index is -1.07. The third-order valence-electron chi connectivity index (χ3n) is 4.12. The molecule has 3 aromatic rings. The van der Waals surface area contributed by atoms with Crippen molar-refractivity contribution in [3.05, 3.63) is 101 Å². The maximum atomic E-state index is 12.4. The van der Waals surface area contributed by atoms with E-state index in [1.807, 2.05) is 60.7 Å². The van der Waals surface area contributed by atoms with Crippen LogP contribution in [0.1, 0.15) is 21.5 Å². The molecule has 0 bridgehead atoms. The van der Waals surface area contributed by atoms with Gasteiger partial charge in [-0.3, -0.25) is 0 Å². The van der Waals surface area contributed by atoms with Gasteiger partial charge in [0.15, 0.2) is 0 Å². The molecule has 0 spiro atoms. The lowest BCUT2D eigenvalue weighted by molar-refractivity contribution is 0.0212. The lowest BCUT2D eigenvalue weighted by Gasteiger charge is -2.31. The summed E-state index contributed by atoms with van der Waals surface area (Å²) in [6.07, 6.45) is 0. The number of hydrogen-bond donors (Lipinski definition) is 1. The second-order valence-electron chi connectivity index (χ2n) is 5.61. The standard InChI is InChI=1S/C20H14ClNO2/c21-15-12-10-14(11-13-15)20(22-16-6-2-1-3-7-16)18-9-5-4-8-17(18)19(23)24-20/h1-13,22H. The number of carbonyl (C=O) groups is 1. The Balaban J connectivity index is 1.91. The van der Waals surface area contributed by atoms with E-state index < -0.39 is 5.72 Å². The lowest BCUT2D eigenvalue weighted by atomic mass is 9.92. The Labute approximate surface area is 144 Å². The average Bonchev–Trinajstić information content (AvgIpc) is 2.90. The van der Waals surface area contributed by atoms with Crippen molar-refractivity contribution < 1.29 is 9.53 Å². The molecule has 24 heavy (non-hydrogen) atoms. The van der Waals surface area contributed by atoms with E-state index >= 15 is 0 Å². The number of nitrogens with one attached hydrogen (secondary N) is 1. The highest BCUT2D eigenvalue weighted by atomic mass is 35.5. The SMILES string of the molecule is O=C1OC(Nc2ccccc2)(c2ccc(Cl)cc2)c2ccccc21. The van der Waals surface area contributed by atoms with E-state index in [2.05, 4.69) is 5.32 Å². The molecule has 0 aromatic heterocycles. The molecular formula is C20H14ClNO2. The molecule has 1 heterocycles. The van der Waals surface area contributed by atoms with E-state index in [1.165, 1.54) is 0 Å². The van der Waals surface area contributed by atoms with Crippen LogP contribution in [0.15, 0.2) is 78.9 Å². The van der Waals surface area contributed by atoms with Crippen molar-refractivity contribution in [3.8, 4) is 0 Å². The van der Waals surface area contributed by atoms with Crippen molar-refractivity contribution in [2.24, 2.45) is 0 Å². The first-order valence-corrected chi connectivity index (χ1v) is 7.99. The van der Waals surface area contributed by atoms with E-state index in [4.69, 9.17) is 16.3 Å². The van der Waals surface area contributed by atoms with Crippen LogP contribution in [0.25, 0.3) is 0 Å². The molecule has 0 radical (unpaired) electrons. The molecule has 0 amide bonds. The van der Waals surface area contributed by atoms with Gasteiger partial charge in [0.2, 0.25) is 5.72 Å². The number of rotatable bonds is 3. The average molecular weight is 336 g/mol. The number of cyclic esters (lactones) is 1. The highest BCUT2D eigenvalue weighted by molar-refractivity contribution is 6.30. The highest BCUT2D eigenvalue weighted by Gasteiger charge is 2.47. The first-order chi connectivity index (χ1) is 11.7. The number of para-hydroxylation sites is 1. The van der Waals surface area contributed by atoms with Crippen molar-refractivity contribution in [2.75, 3.05) is 5.32 Å². The fraction of sp³-hybridized carbons (Fsp3) is 0.0500. The Morgan fingerprint density at radius 1 is 0.833 bits per heavy atom. The minimum Gasteiger partial charge on any atom is -0.427 e. The Morgan fingerprint density at radius 2 is 1.50 bits per heavy atom. The van der Waals surface area contributed by atoms with E-state index in [0.29, 0.717) is 10.6 Å². The Bertz CT molecular complexity index is 893. The number of halogens is 1.